The molecule has 2 N–H and O–H groups in total. The van der Waals surface area contributed by atoms with Crippen LogP contribution in [0.2, 0.25) is 0 Å². The minimum absolute atomic E-state index is 0.472. The maximum absolute atomic E-state index is 12.6. The summed E-state index contributed by atoms with van der Waals surface area (Å²) in [5.74, 6) is 0. The summed E-state index contributed by atoms with van der Waals surface area (Å²) in [6.07, 6.45) is -3.42. The highest BCUT2D eigenvalue weighted by Crippen LogP contribution is 2.32. The Labute approximate surface area is 98.9 Å². The molecule has 0 aliphatic carbocycles. The Hall–Kier alpha value is -2.19. The minimum atomic E-state index is -4.63. The highest BCUT2D eigenvalue weighted by atomic mass is 32.2. The highest BCUT2D eigenvalue weighted by Gasteiger charge is 2.33. The standard InChI is InChI=1S/C7H4F2N4O4S/c8-7(9)5-6(13(14)15)4(18(11,16)17)1-3(2-10)12-5/h1,7H,(H2,11,16,17). The number of hydrogen-bond acceptors (Lipinski definition) is 6. The van der Waals surface area contributed by atoms with Crippen LogP contribution in [0.5, 0.6) is 0 Å². The van der Waals surface area contributed by atoms with Gasteiger partial charge in [0.25, 0.3) is 6.43 Å². The zero-order chi connectivity index (χ0) is 14.1. The Morgan fingerprint density at radius 3 is 2.44 bits per heavy atom. The van der Waals surface area contributed by atoms with Crippen molar-refractivity contribution < 1.29 is 22.1 Å². The molecule has 96 valence electrons. The Kier molecular flexibility index (Phi) is 3.54. The van der Waals surface area contributed by atoms with Crippen molar-refractivity contribution in [1.29, 1.82) is 5.26 Å². The first kappa shape index (κ1) is 13.9. The molecular weight excluding hydrogens is 274 g/mol. The van der Waals surface area contributed by atoms with Gasteiger partial charge in [0.15, 0.2) is 10.6 Å². The fourth-order valence-electron chi connectivity index (χ4n) is 1.14. The van der Waals surface area contributed by atoms with Crippen LogP contribution in [0, 0.1) is 21.4 Å². The van der Waals surface area contributed by atoms with Crippen molar-refractivity contribution in [2.75, 3.05) is 0 Å². The fraction of sp³-hybridized carbons (Fsp3) is 0.143. The lowest BCUT2D eigenvalue weighted by atomic mass is 10.2. The molecule has 0 amide bonds. The van der Waals surface area contributed by atoms with Gasteiger partial charge in [-0.3, -0.25) is 10.1 Å². The van der Waals surface area contributed by atoms with Gasteiger partial charge in [-0.05, 0) is 0 Å². The molecule has 1 aromatic heterocycles. The lowest BCUT2D eigenvalue weighted by Crippen LogP contribution is -2.17. The number of aromatic nitrogens is 1. The molecule has 18 heavy (non-hydrogen) atoms. The van der Waals surface area contributed by atoms with Crippen LogP contribution in [0.1, 0.15) is 17.8 Å². The minimum Gasteiger partial charge on any atom is -0.258 e. The van der Waals surface area contributed by atoms with Gasteiger partial charge in [-0.1, -0.05) is 0 Å². The predicted molar refractivity (Wildman–Crippen MR) is 51.9 cm³/mol. The number of halogens is 2. The largest absolute Gasteiger partial charge is 0.316 e. The maximum Gasteiger partial charge on any atom is 0.316 e. The summed E-state index contributed by atoms with van der Waals surface area (Å²) in [5, 5.41) is 23.8. The molecule has 0 spiro atoms. The summed E-state index contributed by atoms with van der Waals surface area (Å²) in [6, 6.07) is 1.79. The molecule has 1 aromatic rings. The Bertz CT molecular complexity index is 652. The van der Waals surface area contributed by atoms with E-state index in [9.17, 15) is 27.3 Å². The predicted octanol–water partition coefficient (Wildman–Crippen LogP) is 0.446. The van der Waals surface area contributed by atoms with Crippen molar-refractivity contribution in [1.82, 2.24) is 4.98 Å². The zero-order valence-electron chi connectivity index (χ0n) is 8.37. The average Bonchev–Trinajstić information content (AvgIpc) is 2.25. The topological polar surface area (TPSA) is 140 Å². The molecule has 0 aliphatic rings. The SMILES string of the molecule is N#Cc1cc(S(N)(=O)=O)c([N+](=O)[O-])c(C(F)F)n1. The van der Waals surface area contributed by atoms with Crippen molar-refractivity contribution in [3.63, 3.8) is 0 Å². The van der Waals surface area contributed by atoms with Gasteiger partial charge in [0.1, 0.15) is 11.8 Å². The van der Waals surface area contributed by atoms with Crippen molar-refractivity contribution >= 4 is 15.7 Å². The summed E-state index contributed by atoms with van der Waals surface area (Å²) in [7, 11) is -4.63. The van der Waals surface area contributed by atoms with Gasteiger partial charge < -0.3 is 0 Å². The Morgan fingerprint density at radius 1 is 1.56 bits per heavy atom. The van der Waals surface area contributed by atoms with Crippen LogP contribution in [0.25, 0.3) is 0 Å². The molecule has 0 saturated heterocycles. The molecule has 0 aliphatic heterocycles. The third-order valence-electron chi connectivity index (χ3n) is 1.80. The van der Waals surface area contributed by atoms with Crippen LogP contribution in [0.4, 0.5) is 14.5 Å². The van der Waals surface area contributed by atoms with E-state index in [1.54, 1.807) is 0 Å². The van der Waals surface area contributed by atoms with E-state index in [-0.39, 0.29) is 0 Å². The molecule has 0 fully saturated rings. The smallest absolute Gasteiger partial charge is 0.258 e. The molecule has 11 heteroatoms. The summed E-state index contributed by atoms with van der Waals surface area (Å²) < 4.78 is 47.3. The second-order valence-electron chi connectivity index (χ2n) is 2.95. The van der Waals surface area contributed by atoms with Crippen LogP contribution in [0.3, 0.4) is 0 Å². The van der Waals surface area contributed by atoms with E-state index in [0.717, 1.165) is 0 Å². The molecular formula is C7H4F2N4O4S. The number of primary sulfonamides is 1. The first-order chi connectivity index (χ1) is 8.18. The molecule has 0 unspecified atom stereocenters. The number of nitro groups is 1. The fourth-order valence-corrected chi connectivity index (χ4v) is 1.87. The lowest BCUT2D eigenvalue weighted by molar-refractivity contribution is -0.389. The second kappa shape index (κ2) is 4.59. The first-order valence-corrected chi connectivity index (χ1v) is 5.63. The molecule has 0 atom stereocenters. The highest BCUT2D eigenvalue weighted by molar-refractivity contribution is 7.89. The average molecular weight is 278 g/mol. The Morgan fingerprint density at radius 2 is 2.11 bits per heavy atom. The van der Waals surface area contributed by atoms with Gasteiger partial charge in [-0.15, -0.1) is 0 Å². The Balaban J connectivity index is 3.85. The van der Waals surface area contributed by atoms with E-state index in [4.69, 9.17) is 5.26 Å². The molecule has 0 saturated carbocycles. The van der Waals surface area contributed by atoms with Gasteiger partial charge in [0.05, 0.1) is 4.92 Å². The van der Waals surface area contributed by atoms with Crippen molar-refractivity contribution in [2.24, 2.45) is 5.14 Å². The number of alkyl halides is 2. The third kappa shape index (κ3) is 2.55. The summed E-state index contributed by atoms with van der Waals surface area (Å²) in [6.45, 7) is 0. The molecule has 1 rings (SSSR count). The molecule has 0 bridgehead atoms. The van der Waals surface area contributed by atoms with E-state index in [1.165, 1.54) is 6.07 Å². The quantitative estimate of drug-likeness (QED) is 0.628. The molecule has 0 aromatic carbocycles. The van der Waals surface area contributed by atoms with Crippen LogP contribution in [-0.4, -0.2) is 18.3 Å². The number of nitrogens with zero attached hydrogens (tertiary/aromatic N) is 3. The summed E-state index contributed by atoms with van der Waals surface area (Å²) >= 11 is 0. The van der Waals surface area contributed by atoms with Crippen LogP contribution in [0.15, 0.2) is 11.0 Å². The molecule has 8 nitrogen and oxygen atoms in total. The maximum atomic E-state index is 12.6. The number of pyridine rings is 1. The van der Waals surface area contributed by atoms with E-state index in [1.807, 2.05) is 0 Å². The monoisotopic (exact) mass is 278 g/mol. The van der Waals surface area contributed by atoms with Gasteiger partial charge in [-0.2, -0.15) is 5.26 Å². The van der Waals surface area contributed by atoms with Gasteiger partial charge >= 0.3 is 5.69 Å². The van der Waals surface area contributed by atoms with Crippen molar-refractivity contribution in [3.05, 3.63) is 27.6 Å². The number of nitriles is 1. The van der Waals surface area contributed by atoms with Crippen LogP contribution < -0.4 is 5.14 Å². The number of hydrogen-bond donors (Lipinski definition) is 1. The van der Waals surface area contributed by atoms with Crippen molar-refractivity contribution in [2.45, 2.75) is 11.3 Å². The normalized spacial score (nSPS) is 11.3. The van der Waals surface area contributed by atoms with Gasteiger partial charge in [-0.25, -0.2) is 27.3 Å². The third-order valence-corrected chi connectivity index (χ3v) is 2.72. The second-order valence-corrected chi connectivity index (χ2v) is 4.48. The lowest BCUT2D eigenvalue weighted by Gasteiger charge is -2.05. The van der Waals surface area contributed by atoms with E-state index >= 15 is 0 Å². The number of sulfonamides is 1. The van der Waals surface area contributed by atoms with Crippen LogP contribution >= 0.6 is 0 Å². The summed E-state index contributed by atoms with van der Waals surface area (Å²) in [5.41, 5.74) is -3.55. The van der Waals surface area contributed by atoms with Gasteiger partial charge in [0.2, 0.25) is 10.0 Å². The van der Waals surface area contributed by atoms with Gasteiger partial charge in [0, 0.05) is 6.07 Å². The molecule has 0 radical (unpaired) electrons. The van der Waals surface area contributed by atoms with E-state index in [0.29, 0.717) is 6.07 Å². The van der Waals surface area contributed by atoms with E-state index < -0.39 is 43.3 Å². The number of rotatable bonds is 3. The van der Waals surface area contributed by atoms with E-state index in [2.05, 4.69) is 10.1 Å². The zero-order valence-corrected chi connectivity index (χ0v) is 9.19. The number of nitrogens with two attached hydrogens (primary N) is 1. The first-order valence-electron chi connectivity index (χ1n) is 4.09. The summed E-state index contributed by atoms with van der Waals surface area (Å²) in [4.78, 5) is 11.1. The van der Waals surface area contributed by atoms with Crippen molar-refractivity contribution in [3.8, 4) is 6.07 Å². The molecule has 1 heterocycles. The van der Waals surface area contributed by atoms with Crippen LogP contribution in [-0.2, 0) is 10.0 Å².